The van der Waals surface area contributed by atoms with Gasteiger partial charge in [-0.3, -0.25) is 5.84 Å². The maximum atomic E-state index is 6.17. The van der Waals surface area contributed by atoms with Gasteiger partial charge < -0.3 is 4.74 Å². The fourth-order valence-corrected chi connectivity index (χ4v) is 2.34. The van der Waals surface area contributed by atoms with Crippen LogP contribution < -0.4 is 11.3 Å². The van der Waals surface area contributed by atoms with E-state index in [4.69, 9.17) is 33.8 Å². The molecule has 1 aliphatic heterocycles. The number of halogens is 2. The monoisotopic (exact) mass is 272 g/mol. The predicted octanol–water partition coefficient (Wildman–Crippen LogP) is 3.19. The first-order valence-corrected chi connectivity index (χ1v) is 6.19. The van der Waals surface area contributed by atoms with Gasteiger partial charge in [0, 0.05) is 10.0 Å². The smallest absolute Gasteiger partial charge is 0.0876 e. The third kappa shape index (κ3) is 2.93. The maximum Gasteiger partial charge on any atom is 0.0876 e. The molecule has 1 unspecified atom stereocenters. The average Bonchev–Trinajstić information content (AvgIpc) is 2.36. The van der Waals surface area contributed by atoms with E-state index in [1.165, 1.54) is 0 Å². The zero-order valence-corrected chi connectivity index (χ0v) is 10.8. The molecular weight excluding hydrogens is 259 g/mol. The van der Waals surface area contributed by atoms with Crippen molar-refractivity contribution in [3.63, 3.8) is 0 Å². The van der Waals surface area contributed by atoms with Crippen molar-refractivity contribution in [2.24, 2.45) is 5.84 Å². The van der Waals surface area contributed by atoms with Gasteiger partial charge in [-0.1, -0.05) is 23.2 Å². The molecule has 0 amide bonds. The number of hydrazine groups is 1. The standard InChI is InChI=1S/C12H14Cl2N2O/c13-9-3-4-11(14)10(6-9)12(16-15)8-2-1-5-17-7-8/h3-4,6-7,12,16H,1-2,5,15H2. The first kappa shape index (κ1) is 12.7. The fraction of sp³-hybridized carbons (Fsp3) is 0.333. The minimum absolute atomic E-state index is 0.151. The average molecular weight is 273 g/mol. The van der Waals surface area contributed by atoms with Crippen LogP contribution in [-0.2, 0) is 4.74 Å². The van der Waals surface area contributed by atoms with Crippen LogP contribution in [-0.4, -0.2) is 6.61 Å². The van der Waals surface area contributed by atoms with Crippen LogP contribution in [0.15, 0.2) is 30.0 Å². The topological polar surface area (TPSA) is 47.3 Å². The van der Waals surface area contributed by atoms with Gasteiger partial charge in [-0.05, 0) is 42.2 Å². The van der Waals surface area contributed by atoms with E-state index >= 15 is 0 Å². The first-order chi connectivity index (χ1) is 8.22. The molecule has 1 heterocycles. The minimum atomic E-state index is -0.151. The Morgan fingerprint density at radius 2 is 2.18 bits per heavy atom. The molecule has 1 aliphatic rings. The molecule has 2 rings (SSSR count). The van der Waals surface area contributed by atoms with Crippen molar-refractivity contribution < 1.29 is 4.74 Å². The quantitative estimate of drug-likeness (QED) is 0.656. The Morgan fingerprint density at radius 1 is 1.35 bits per heavy atom. The number of nitrogens with two attached hydrogens (primary N) is 1. The molecule has 0 radical (unpaired) electrons. The molecule has 0 saturated carbocycles. The van der Waals surface area contributed by atoms with Gasteiger partial charge in [0.2, 0.25) is 0 Å². The third-order valence-electron chi connectivity index (χ3n) is 2.77. The summed E-state index contributed by atoms with van der Waals surface area (Å²) >= 11 is 12.1. The second-order valence-corrected chi connectivity index (χ2v) is 4.78. The molecule has 1 aromatic carbocycles. The van der Waals surface area contributed by atoms with Gasteiger partial charge in [-0.15, -0.1) is 0 Å². The summed E-state index contributed by atoms with van der Waals surface area (Å²) in [6.07, 6.45) is 3.69. The van der Waals surface area contributed by atoms with Crippen molar-refractivity contribution >= 4 is 23.2 Å². The summed E-state index contributed by atoms with van der Waals surface area (Å²) in [5.74, 6) is 5.61. The highest BCUT2D eigenvalue weighted by Gasteiger charge is 2.20. The molecule has 0 fully saturated rings. The Morgan fingerprint density at radius 3 is 2.82 bits per heavy atom. The molecule has 3 N–H and O–H groups in total. The normalized spacial score (nSPS) is 17.2. The van der Waals surface area contributed by atoms with Crippen molar-refractivity contribution in [1.82, 2.24) is 5.43 Å². The van der Waals surface area contributed by atoms with E-state index in [9.17, 15) is 0 Å². The van der Waals surface area contributed by atoms with Crippen LogP contribution in [0.5, 0.6) is 0 Å². The maximum absolute atomic E-state index is 6.17. The lowest BCUT2D eigenvalue weighted by molar-refractivity contribution is 0.219. The highest BCUT2D eigenvalue weighted by molar-refractivity contribution is 6.33. The van der Waals surface area contributed by atoms with Crippen LogP contribution in [0.3, 0.4) is 0 Å². The molecule has 5 heteroatoms. The van der Waals surface area contributed by atoms with Crippen molar-refractivity contribution in [3.05, 3.63) is 45.6 Å². The number of nitrogens with one attached hydrogen (secondary N) is 1. The van der Waals surface area contributed by atoms with Gasteiger partial charge in [0.15, 0.2) is 0 Å². The Hall–Kier alpha value is -0.740. The van der Waals surface area contributed by atoms with Crippen LogP contribution in [0.25, 0.3) is 0 Å². The molecule has 0 bridgehead atoms. The van der Waals surface area contributed by atoms with Gasteiger partial charge in [0.05, 0.1) is 18.9 Å². The Bertz CT molecular complexity index is 435. The Balaban J connectivity index is 2.34. The van der Waals surface area contributed by atoms with Gasteiger partial charge in [-0.2, -0.15) is 0 Å². The van der Waals surface area contributed by atoms with E-state index in [-0.39, 0.29) is 6.04 Å². The summed E-state index contributed by atoms with van der Waals surface area (Å²) < 4.78 is 5.32. The summed E-state index contributed by atoms with van der Waals surface area (Å²) in [7, 11) is 0. The predicted molar refractivity (Wildman–Crippen MR) is 69.8 cm³/mol. The number of hydrogen-bond donors (Lipinski definition) is 2. The van der Waals surface area contributed by atoms with Crippen LogP contribution >= 0.6 is 23.2 Å². The summed E-state index contributed by atoms with van der Waals surface area (Å²) in [5.41, 5.74) is 4.72. The van der Waals surface area contributed by atoms with Gasteiger partial charge >= 0.3 is 0 Å². The lowest BCUT2D eigenvalue weighted by atomic mass is 9.96. The van der Waals surface area contributed by atoms with Gasteiger partial charge in [0.1, 0.15) is 0 Å². The van der Waals surface area contributed by atoms with Crippen molar-refractivity contribution in [1.29, 1.82) is 0 Å². The van der Waals surface area contributed by atoms with E-state index in [1.54, 1.807) is 18.4 Å². The third-order valence-corrected chi connectivity index (χ3v) is 3.35. The second kappa shape index (κ2) is 5.74. The van der Waals surface area contributed by atoms with E-state index in [1.807, 2.05) is 6.07 Å². The van der Waals surface area contributed by atoms with Crippen LogP contribution in [0.4, 0.5) is 0 Å². The molecule has 0 spiro atoms. The minimum Gasteiger partial charge on any atom is -0.501 e. The Labute approximate surface area is 111 Å². The summed E-state index contributed by atoms with van der Waals surface area (Å²) in [5, 5.41) is 1.28. The molecule has 92 valence electrons. The number of benzene rings is 1. The van der Waals surface area contributed by atoms with Crippen LogP contribution in [0, 0.1) is 0 Å². The number of hydrogen-bond acceptors (Lipinski definition) is 3. The van der Waals surface area contributed by atoms with Gasteiger partial charge in [0.25, 0.3) is 0 Å². The number of ether oxygens (including phenoxy) is 1. The van der Waals surface area contributed by atoms with Crippen molar-refractivity contribution in [3.8, 4) is 0 Å². The van der Waals surface area contributed by atoms with Crippen LogP contribution in [0.2, 0.25) is 10.0 Å². The molecule has 3 nitrogen and oxygen atoms in total. The molecular formula is C12H14Cl2N2O. The second-order valence-electron chi connectivity index (χ2n) is 3.93. The highest BCUT2D eigenvalue weighted by atomic mass is 35.5. The fourth-order valence-electron chi connectivity index (χ4n) is 1.93. The lowest BCUT2D eigenvalue weighted by Crippen LogP contribution is -2.30. The zero-order chi connectivity index (χ0) is 12.3. The van der Waals surface area contributed by atoms with E-state index in [0.717, 1.165) is 30.6 Å². The van der Waals surface area contributed by atoms with Crippen molar-refractivity contribution in [2.45, 2.75) is 18.9 Å². The summed E-state index contributed by atoms with van der Waals surface area (Å²) in [6, 6.07) is 5.20. The molecule has 0 aliphatic carbocycles. The molecule has 1 aromatic rings. The largest absolute Gasteiger partial charge is 0.501 e. The van der Waals surface area contributed by atoms with Gasteiger partial charge in [-0.25, -0.2) is 5.43 Å². The van der Waals surface area contributed by atoms with E-state index in [2.05, 4.69) is 5.43 Å². The van der Waals surface area contributed by atoms with E-state index in [0.29, 0.717) is 10.0 Å². The first-order valence-electron chi connectivity index (χ1n) is 5.44. The Kier molecular flexibility index (Phi) is 4.29. The summed E-state index contributed by atoms with van der Waals surface area (Å²) in [4.78, 5) is 0. The van der Waals surface area contributed by atoms with E-state index < -0.39 is 0 Å². The number of rotatable bonds is 3. The van der Waals surface area contributed by atoms with Crippen molar-refractivity contribution in [2.75, 3.05) is 6.61 Å². The SMILES string of the molecule is NNC(C1=COCCC1)c1cc(Cl)ccc1Cl. The highest BCUT2D eigenvalue weighted by Crippen LogP contribution is 2.33. The molecule has 1 atom stereocenters. The summed E-state index contributed by atoms with van der Waals surface area (Å²) in [6.45, 7) is 0.754. The lowest BCUT2D eigenvalue weighted by Gasteiger charge is -2.23. The van der Waals surface area contributed by atoms with Crippen LogP contribution in [0.1, 0.15) is 24.4 Å². The molecule has 0 aromatic heterocycles. The molecule has 0 saturated heterocycles. The molecule has 17 heavy (non-hydrogen) atoms. The zero-order valence-electron chi connectivity index (χ0n) is 9.25.